The number of ether oxygens (including phenoxy) is 2. The van der Waals surface area contributed by atoms with Crippen molar-refractivity contribution < 1.29 is 23.9 Å². The van der Waals surface area contributed by atoms with Gasteiger partial charge < -0.3 is 20.1 Å². The third kappa shape index (κ3) is 11.9. The van der Waals surface area contributed by atoms with E-state index in [0.717, 1.165) is 18.4 Å². The van der Waals surface area contributed by atoms with Crippen LogP contribution in [0.5, 0.6) is 0 Å². The zero-order chi connectivity index (χ0) is 25.1. The van der Waals surface area contributed by atoms with Gasteiger partial charge in [0.1, 0.15) is 11.6 Å². The highest BCUT2D eigenvalue weighted by Crippen LogP contribution is 2.22. The number of benzene rings is 1. The molecular formula is C26H42N2O5. The summed E-state index contributed by atoms with van der Waals surface area (Å²) < 4.78 is 11.1. The highest BCUT2D eigenvalue weighted by atomic mass is 16.6. The van der Waals surface area contributed by atoms with Crippen molar-refractivity contribution in [3.8, 4) is 0 Å². The van der Waals surface area contributed by atoms with Gasteiger partial charge >= 0.3 is 5.97 Å². The lowest BCUT2D eigenvalue weighted by atomic mass is 9.85. The molecule has 1 rings (SSSR count). The lowest BCUT2D eigenvalue weighted by Crippen LogP contribution is -2.54. The van der Waals surface area contributed by atoms with Gasteiger partial charge in [-0.1, -0.05) is 57.5 Å². The minimum absolute atomic E-state index is 0.0292. The second kappa shape index (κ2) is 13.3. The second-order valence-electron chi connectivity index (χ2n) is 10.4. The molecule has 0 saturated carbocycles. The molecule has 1 aromatic rings. The summed E-state index contributed by atoms with van der Waals surface area (Å²) in [6.45, 7) is 12.2. The van der Waals surface area contributed by atoms with Crippen molar-refractivity contribution in [2.24, 2.45) is 11.3 Å². The molecule has 0 aliphatic heterocycles. The number of likely N-dealkylation sites (N-methyl/N-ethyl adjacent to an activating group) is 1. The van der Waals surface area contributed by atoms with Crippen LogP contribution in [-0.4, -0.2) is 43.1 Å². The average molecular weight is 463 g/mol. The zero-order valence-electron chi connectivity index (χ0n) is 21.3. The van der Waals surface area contributed by atoms with E-state index in [1.807, 2.05) is 51.1 Å². The first-order valence-electron chi connectivity index (χ1n) is 11.7. The van der Waals surface area contributed by atoms with Crippen LogP contribution in [0.4, 0.5) is 0 Å². The Bertz CT molecular complexity index is 750. The van der Waals surface area contributed by atoms with E-state index < -0.39 is 28.9 Å². The normalized spacial score (nSPS) is 13.7. The molecular weight excluding hydrogens is 420 g/mol. The topological polar surface area (TPSA) is 93.7 Å². The van der Waals surface area contributed by atoms with Gasteiger partial charge in [0.15, 0.2) is 0 Å². The van der Waals surface area contributed by atoms with Gasteiger partial charge in [0, 0.05) is 19.6 Å². The molecule has 0 heterocycles. The number of esters is 1. The summed E-state index contributed by atoms with van der Waals surface area (Å²) in [5.74, 6) is -1.57. The number of carbonyl (C=O) groups excluding carboxylic acids is 3. The van der Waals surface area contributed by atoms with Crippen LogP contribution < -0.4 is 10.6 Å². The van der Waals surface area contributed by atoms with Gasteiger partial charge in [-0.25, -0.2) is 0 Å². The molecule has 0 unspecified atom stereocenters. The van der Waals surface area contributed by atoms with Crippen LogP contribution in [0.15, 0.2) is 30.3 Å². The smallest absolute Gasteiger partial charge is 0.307 e. The maximum absolute atomic E-state index is 13.1. The van der Waals surface area contributed by atoms with Crippen LogP contribution in [0.25, 0.3) is 0 Å². The molecule has 1 aromatic carbocycles. The third-order valence-corrected chi connectivity index (χ3v) is 5.07. The number of hydrogen-bond acceptors (Lipinski definition) is 5. The van der Waals surface area contributed by atoms with Crippen LogP contribution >= 0.6 is 0 Å². The molecule has 2 amide bonds. The lowest BCUT2D eigenvalue weighted by Gasteiger charge is -2.31. The first-order valence-corrected chi connectivity index (χ1v) is 11.7. The van der Waals surface area contributed by atoms with E-state index >= 15 is 0 Å². The van der Waals surface area contributed by atoms with Gasteiger partial charge in [0.25, 0.3) is 0 Å². The van der Waals surface area contributed by atoms with E-state index in [-0.39, 0.29) is 18.2 Å². The molecule has 2 N–H and O–H groups in total. The predicted octanol–water partition coefficient (Wildman–Crippen LogP) is 4.00. The number of nitrogens with one attached hydrogen (secondary N) is 2. The number of hydrogen-bond donors (Lipinski definition) is 2. The minimum atomic E-state index is -0.703. The van der Waals surface area contributed by atoms with Gasteiger partial charge in [0.2, 0.25) is 11.8 Å². The standard InChI is InChI=1S/C26H42N2O5/c1-25(2,3)22(24(31)27-7)28-23(30)20(17-21(29)33-26(4,5)6)15-11-12-16-32-18-19-13-9-8-10-14-19/h8-10,13-14,20,22H,11-12,15-18H2,1-7H3,(H,27,31)(H,28,30)/t20-,22+/m0/s1. The van der Waals surface area contributed by atoms with Crippen LogP contribution in [0.2, 0.25) is 0 Å². The third-order valence-electron chi connectivity index (χ3n) is 5.07. The van der Waals surface area contributed by atoms with Crippen molar-refractivity contribution in [3.63, 3.8) is 0 Å². The minimum Gasteiger partial charge on any atom is -0.460 e. The van der Waals surface area contributed by atoms with Crippen molar-refractivity contribution in [3.05, 3.63) is 35.9 Å². The van der Waals surface area contributed by atoms with Crippen molar-refractivity contribution in [1.82, 2.24) is 10.6 Å². The molecule has 0 aliphatic carbocycles. The van der Waals surface area contributed by atoms with E-state index in [0.29, 0.717) is 19.6 Å². The SMILES string of the molecule is CNC(=O)[C@@H](NC(=O)[C@@H](CCCCOCc1ccccc1)CC(=O)OC(C)(C)C)C(C)(C)C. The maximum atomic E-state index is 13.1. The summed E-state index contributed by atoms with van der Waals surface area (Å²) in [7, 11) is 1.54. The lowest BCUT2D eigenvalue weighted by molar-refractivity contribution is -0.157. The molecule has 186 valence electrons. The predicted molar refractivity (Wildman–Crippen MR) is 129 cm³/mol. The summed E-state index contributed by atoms with van der Waals surface area (Å²) in [6, 6.07) is 9.24. The fourth-order valence-electron chi connectivity index (χ4n) is 3.35. The van der Waals surface area contributed by atoms with E-state index in [1.54, 1.807) is 27.8 Å². The highest BCUT2D eigenvalue weighted by molar-refractivity contribution is 5.90. The molecule has 2 atom stereocenters. The van der Waals surface area contributed by atoms with Gasteiger partial charge in [-0.2, -0.15) is 0 Å². The number of amides is 2. The first-order chi connectivity index (χ1) is 15.3. The Kier molecular flexibility index (Phi) is 11.6. The molecule has 7 heteroatoms. The summed E-state index contributed by atoms with van der Waals surface area (Å²) in [5.41, 5.74) is 0.0128. The Morgan fingerprint density at radius 1 is 0.939 bits per heavy atom. The molecule has 7 nitrogen and oxygen atoms in total. The Morgan fingerprint density at radius 2 is 1.58 bits per heavy atom. The Balaban J connectivity index is 2.70. The molecule has 33 heavy (non-hydrogen) atoms. The van der Waals surface area contributed by atoms with Crippen molar-refractivity contribution in [1.29, 1.82) is 0 Å². The quantitative estimate of drug-likeness (QED) is 0.362. The molecule has 0 aliphatic rings. The van der Waals surface area contributed by atoms with Crippen LogP contribution in [0, 0.1) is 11.3 Å². The van der Waals surface area contributed by atoms with Gasteiger partial charge in [-0.05, 0) is 44.6 Å². The molecule has 0 bridgehead atoms. The van der Waals surface area contributed by atoms with E-state index in [9.17, 15) is 14.4 Å². The fourth-order valence-corrected chi connectivity index (χ4v) is 3.35. The Morgan fingerprint density at radius 3 is 2.12 bits per heavy atom. The van der Waals surface area contributed by atoms with Crippen LogP contribution in [-0.2, 0) is 30.5 Å². The molecule has 0 saturated heterocycles. The van der Waals surface area contributed by atoms with Gasteiger partial charge in [-0.3, -0.25) is 14.4 Å². The van der Waals surface area contributed by atoms with Crippen LogP contribution in [0.1, 0.15) is 72.8 Å². The van der Waals surface area contributed by atoms with Crippen molar-refractivity contribution >= 4 is 17.8 Å². The van der Waals surface area contributed by atoms with Crippen molar-refractivity contribution in [2.75, 3.05) is 13.7 Å². The highest BCUT2D eigenvalue weighted by Gasteiger charge is 2.34. The number of unbranched alkanes of at least 4 members (excludes halogenated alkanes) is 1. The summed E-state index contributed by atoms with van der Waals surface area (Å²) >= 11 is 0. The van der Waals surface area contributed by atoms with Crippen molar-refractivity contribution in [2.45, 2.75) is 85.5 Å². The Hall–Kier alpha value is -2.41. The van der Waals surface area contributed by atoms with E-state index in [2.05, 4.69) is 10.6 Å². The van der Waals surface area contributed by atoms with Gasteiger partial charge in [0.05, 0.1) is 13.0 Å². The number of carbonyl (C=O) groups is 3. The summed E-state index contributed by atoms with van der Waals surface area (Å²) in [5, 5.41) is 5.47. The van der Waals surface area contributed by atoms with Crippen LogP contribution in [0.3, 0.4) is 0 Å². The summed E-state index contributed by atoms with van der Waals surface area (Å²) in [4.78, 5) is 37.9. The Labute approximate surface area is 199 Å². The molecule has 0 fully saturated rings. The second-order valence-corrected chi connectivity index (χ2v) is 10.4. The van der Waals surface area contributed by atoms with Gasteiger partial charge in [-0.15, -0.1) is 0 Å². The van der Waals surface area contributed by atoms with E-state index in [4.69, 9.17) is 9.47 Å². The first kappa shape index (κ1) is 28.6. The molecule has 0 aromatic heterocycles. The monoisotopic (exact) mass is 462 g/mol. The molecule has 0 radical (unpaired) electrons. The molecule has 0 spiro atoms. The average Bonchev–Trinajstić information content (AvgIpc) is 2.71. The van der Waals surface area contributed by atoms with E-state index in [1.165, 1.54) is 0 Å². The largest absolute Gasteiger partial charge is 0.460 e. The maximum Gasteiger partial charge on any atom is 0.307 e. The number of rotatable bonds is 12. The zero-order valence-corrected chi connectivity index (χ0v) is 21.3. The fraction of sp³-hybridized carbons (Fsp3) is 0.654. The summed E-state index contributed by atoms with van der Waals surface area (Å²) in [6.07, 6.45) is 1.96.